The van der Waals surface area contributed by atoms with Crippen molar-refractivity contribution in [2.24, 2.45) is 0 Å². The Balaban J connectivity index is 1.63. The molecule has 8 nitrogen and oxygen atoms in total. The lowest BCUT2D eigenvalue weighted by Crippen LogP contribution is -2.34. The van der Waals surface area contributed by atoms with Crippen molar-refractivity contribution in [1.29, 1.82) is 5.26 Å². The number of aromatic nitrogens is 2. The Bertz CT molecular complexity index is 1650. The Labute approximate surface area is 222 Å². The van der Waals surface area contributed by atoms with Crippen molar-refractivity contribution in [3.8, 4) is 6.07 Å². The van der Waals surface area contributed by atoms with Gasteiger partial charge in [0.25, 0.3) is 0 Å². The number of rotatable bonds is 6. The summed E-state index contributed by atoms with van der Waals surface area (Å²) in [6, 6.07) is 9.93. The molecule has 0 saturated heterocycles. The maximum Gasteiger partial charge on any atom is 0.416 e. The molecule has 0 fully saturated rings. The summed E-state index contributed by atoms with van der Waals surface area (Å²) in [5.74, 6) is -2.50. The fourth-order valence-corrected chi connectivity index (χ4v) is 4.37. The number of hydrogen-bond acceptors (Lipinski definition) is 8. The number of fused-ring (bicyclic) bond motifs is 1. The van der Waals surface area contributed by atoms with Gasteiger partial charge in [0.1, 0.15) is 6.07 Å². The highest BCUT2D eigenvalue weighted by molar-refractivity contribution is 6.36. The number of anilines is 3. The van der Waals surface area contributed by atoms with Crippen LogP contribution in [0.1, 0.15) is 22.7 Å². The van der Waals surface area contributed by atoms with Gasteiger partial charge in [-0.2, -0.15) is 28.4 Å². The van der Waals surface area contributed by atoms with Crippen LogP contribution in [0.3, 0.4) is 0 Å². The summed E-state index contributed by atoms with van der Waals surface area (Å²) >= 11 is 6.50. The van der Waals surface area contributed by atoms with E-state index in [0.29, 0.717) is 11.1 Å². The minimum atomic E-state index is -4.63. The Morgan fingerprint density at radius 3 is 2.51 bits per heavy atom. The Morgan fingerprint density at radius 1 is 1.03 bits per heavy atom. The molecule has 198 valence electrons. The third-order valence-corrected chi connectivity index (χ3v) is 6.10. The van der Waals surface area contributed by atoms with Gasteiger partial charge in [-0.1, -0.05) is 29.8 Å². The first kappa shape index (κ1) is 26.0. The number of alkyl halides is 3. The second-order valence-electron chi connectivity index (χ2n) is 8.29. The SMILES string of the molecule is N#Cc1cnc2c(Cl)cc(N[C@H](C3=CNNN3)c3ccccc3C(F)(F)F)cc2c1Nc1cnc(F)c(F)c1. The monoisotopic (exact) mass is 558 g/mol. The first-order valence-electron chi connectivity index (χ1n) is 11.2. The van der Waals surface area contributed by atoms with E-state index in [2.05, 4.69) is 37.0 Å². The van der Waals surface area contributed by atoms with E-state index in [1.54, 1.807) is 0 Å². The largest absolute Gasteiger partial charge is 0.416 e. The van der Waals surface area contributed by atoms with Gasteiger partial charge in [-0.05, 0) is 23.8 Å². The topological polar surface area (TPSA) is 110 Å². The van der Waals surface area contributed by atoms with Gasteiger partial charge in [-0.3, -0.25) is 4.98 Å². The van der Waals surface area contributed by atoms with Gasteiger partial charge >= 0.3 is 6.18 Å². The van der Waals surface area contributed by atoms with Crippen molar-refractivity contribution < 1.29 is 22.0 Å². The van der Waals surface area contributed by atoms with Gasteiger partial charge in [-0.15, -0.1) is 0 Å². The third-order valence-electron chi connectivity index (χ3n) is 5.82. The standard InChI is InChI=1S/C25H16ClF5N8/c26-18-6-13(36-23(20-11-35-39-38-20)15-3-1-2-4-17(15)25(29,30)31)5-16-21(12(8-32)9-33-22(16)18)37-14-7-19(27)24(28)34-10-14/h1-7,9-11,23,35-36,38-39H,(H,33,37)/t23-/m0/s1. The highest BCUT2D eigenvalue weighted by atomic mass is 35.5. The second-order valence-corrected chi connectivity index (χ2v) is 8.70. The fourth-order valence-electron chi connectivity index (χ4n) is 4.11. The van der Waals surface area contributed by atoms with E-state index in [0.717, 1.165) is 18.3 Å². The van der Waals surface area contributed by atoms with Crippen LogP contribution >= 0.6 is 11.6 Å². The van der Waals surface area contributed by atoms with Crippen molar-refractivity contribution in [3.63, 3.8) is 0 Å². The number of hydrogen-bond donors (Lipinski definition) is 5. The summed E-state index contributed by atoms with van der Waals surface area (Å²) in [5.41, 5.74) is 8.29. The van der Waals surface area contributed by atoms with Crippen LogP contribution in [-0.4, -0.2) is 9.97 Å². The van der Waals surface area contributed by atoms with Crippen LogP contribution in [0.4, 0.5) is 39.0 Å². The molecule has 5 rings (SSSR count). The molecule has 0 radical (unpaired) electrons. The molecule has 0 spiro atoms. The number of hydrazine groups is 2. The zero-order valence-electron chi connectivity index (χ0n) is 19.5. The minimum absolute atomic E-state index is 0.0434. The summed E-state index contributed by atoms with van der Waals surface area (Å²) in [5, 5.41) is 16.0. The van der Waals surface area contributed by atoms with Gasteiger partial charge in [-0.25, -0.2) is 9.37 Å². The molecule has 4 aromatic rings. The number of halogens is 6. The smallest absolute Gasteiger partial charge is 0.373 e. The normalized spacial score (nSPS) is 13.7. The van der Waals surface area contributed by atoms with E-state index in [4.69, 9.17) is 11.6 Å². The minimum Gasteiger partial charge on any atom is -0.373 e. The summed E-state index contributed by atoms with van der Waals surface area (Å²) in [6.45, 7) is 0. The van der Waals surface area contributed by atoms with E-state index in [1.807, 2.05) is 6.07 Å². The number of pyridine rings is 2. The molecule has 39 heavy (non-hydrogen) atoms. The molecule has 0 unspecified atom stereocenters. The van der Waals surface area contributed by atoms with Crippen LogP contribution < -0.4 is 27.0 Å². The van der Waals surface area contributed by atoms with Gasteiger partial charge < -0.3 is 21.5 Å². The number of nitriles is 1. The summed E-state index contributed by atoms with van der Waals surface area (Å²) in [4.78, 5) is 7.56. The molecule has 5 N–H and O–H groups in total. The van der Waals surface area contributed by atoms with Crippen LogP contribution in [0.5, 0.6) is 0 Å². The van der Waals surface area contributed by atoms with E-state index in [-0.39, 0.29) is 38.7 Å². The summed E-state index contributed by atoms with van der Waals surface area (Å²) in [6.07, 6.45) is -0.869. The lowest BCUT2D eigenvalue weighted by atomic mass is 9.97. The van der Waals surface area contributed by atoms with Crippen LogP contribution in [-0.2, 0) is 6.18 Å². The van der Waals surface area contributed by atoms with Crippen molar-refractivity contribution in [2.75, 3.05) is 10.6 Å². The summed E-state index contributed by atoms with van der Waals surface area (Å²) in [7, 11) is 0. The average Bonchev–Trinajstić information content (AvgIpc) is 3.44. The van der Waals surface area contributed by atoms with Crippen LogP contribution in [0.2, 0.25) is 5.02 Å². The third kappa shape index (κ3) is 5.20. The first-order chi connectivity index (χ1) is 18.7. The maximum absolute atomic E-state index is 13.9. The zero-order valence-corrected chi connectivity index (χ0v) is 20.2. The summed E-state index contributed by atoms with van der Waals surface area (Å²) < 4.78 is 68.8. The molecule has 3 heterocycles. The average molecular weight is 559 g/mol. The van der Waals surface area contributed by atoms with Crippen LogP contribution in [0, 0.1) is 23.1 Å². The van der Waals surface area contributed by atoms with Gasteiger partial charge in [0.15, 0.2) is 5.82 Å². The van der Waals surface area contributed by atoms with Gasteiger partial charge in [0, 0.05) is 29.5 Å². The lowest BCUT2D eigenvalue weighted by molar-refractivity contribution is -0.138. The van der Waals surface area contributed by atoms with Crippen LogP contribution in [0.15, 0.2) is 66.8 Å². The quantitative estimate of drug-likeness (QED) is 0.149. The van der Waals surface area contributed by atoms with Crippen molar-refractivity contribution in [1.82, 2.24) is 26.4 Å². The highest BCUT2D eigenvalue weighted by Crippen LogP contribution is 2.40. The van der Waals surface area contributed by atoms with E-state index < -0.39 is 29.5 Å². The highest BCUT2D eigenvalue weighted by Gasteiger charge is 2.36. The van der Waals surface area contributed by atoms with Crippen molar-refractivity contribution in [2.45, 2.75) is 12.2 Å². The molecule has 0 saturated carbocycles. The molecule has 0 aliphatic carbocycles. The zero-order chi connectivity index (χ0) is 27.7. The van der Waals surface area contributed by atoms with Crippen molar-refractivity contribution >= 4 is 39.6 Å². The van der Waals surface area contributed by atoms with Crippen LogP contribution in [0.25, 0.3) is 10.9 Å². The molecule has 1 atom stereocenters. The molecule has 1 aliphatic heterocycles. The maximum atomic E-state index is 13.9. The van der Waals surface area contributed by atoms with E-state index >= 15 is 0 Å². The first-order valence-corrected chi connectivity index (χ1v) is 11.5. The van der Waals surface area contributed by atoms with Gasteiger partial charge in [0.2, 0.25) is 5.95 Å². The Hall–Kier alpha value is -4.67. The molecule has 2 aromatic heterocycles. The van der Waals surface area contributed by atoms with Crippen molar-refractivity contribution in [3.05, 3.63) is 100 Å². The predicted molar refractivity (Wildman–Crippen MR) is 134 cm³/mol. The Kier molecular flexibility index (Phi) is 6.81. The number of nitrogens with one attached hydrogen (secondary N) is 5. The Morgan fingerprint density at radius 2 is 1.82 bits per heavy atom. The molecule has 14 heteroatoms. The molecule has 1 aliphatic rings. The predicted octanol–water partition coefficient (Wildman–Crippen LogP) is 5.80. The molecular weight excluding hydrogens is 543 g/mol. The second kappa shape index (κ2) is 10.2. The molecule has 2 aromatic carbocycles. The lowest BCUT2D eigenvalue weighted by Gasteiger charge is -2.25. The van der Waals surface area contributed by atoms with E-state index in [9.17, 15) is 27.2 Å². The molecule has 0 bridgehead atoms. The number of nitrogens with zero attached hydrogens (tertiary/aromatic N) is 3. The molecule has 0 amide bonds. The number of benzene rings is 2. The van der Waals surface area contributed by atoms with E-state index in [1.165, 1.54) is 42.7 Å². The molecular formula is C25H16ClF5N8. The van der Waals surface area contributed by atoms with Gasteiger partial charge in [0.05, 0.1) is 51.0 Å². The fraction of sp³-hybridized carbons (Fsp3) is 0.0800.